The molecule has 3 rings (SSSR count). The van der Waals surface area contributed by atoms with E-state index in [0.717, 1.165) is 11.1 Å². The molecule has 0 aliphatic carbocycles. The van der Waals surface area contributed by atoms with E-state index in [1.54, 1.807) is 30.2 Å². The van der Waals surface area contributed by atoms with E-state index in [9.17, 15) is 4.79 Å². The maximum atomic E-state index is 13.0. The van der Waals surface area contributed by atoms with Gasteiger partial charge in [-0.2, -0.15) is 0 Å². The second kappa shape index (κ2) is 10.6. The van der Waals surface area contributed by atoms with Crippen molar-refractivity contribution in [1.29, 1.82) is 0 Å². The molecule has 0 unspecified atom stereocenters. The Kier molecular flexibility index (Phi) is 7.86. The zero-order valence-corrected chi connectivity index (χ0v) is 18.6. The zero-order valence-electron chi connectivity index (χ0n) is 16.4. The van der Waals surface area contributed by atoms with Crippen LogP contribution in [0.3, 0.4) is 0 Å². The maximum absolute atomic E-state index is 13.0. The zero-order chi connectivity index (χ0) is 21.5. The Morgan fingerprint density at radius 3 is 2.40 bits per heavy atom. The van der Waals surface area contributed by atoms with Gasteiger partial charge in [0, 0.05) is 39.9 Å². The summed E-state index contributed by atoms with van der Waals surface area (Å²) in [6.45, 7) is 0.901. The largest absolute Gasteiger partial charge is 0.497 e. The van der Waals surface area contributed by atoms with Gasteiger partial charge in [-0.05, 0) is 53.9 Å². The Bertz CT molecular complexity index is 1010. The number of methoxy groups -OCH3 is 1. The summed E-state index contributed by atoms with van der Waals surface area (Å²) in [4.78, 5) is 14.8. The summed E-state index contributed by atoms with van der Waals surface area (Å²) in [5, 5.41) is 4.75. The number of ether oxygens (including phenoxy) is 1. The Morgan fingerprint density at radius 1 is 0.967 bits per heavy atom. The molecule has 0 atom stereocenters. The fourth-order valence-corrected chi connectivity index (χ4v) is 3.57. The third-order valence-electron chi connectivity index (χ3n) is 4.56. The van der Waals surface area contributed by atoms with Crippen LogP contribution in [0.5, 0.6) is 5.75 Å². The molecule has 0 fully saturated rings. The molecule has 2 amide bonds. The van der Waals surface area contributed by atoms with Crippen molar-refractivity contribution in [2.45, 2.75) is 13.0 Å². The molecule has 7 heteroatoms. The summed E-state index contributed by atoms with van der Waals surface area (Å²) < 4.78 is 5.23. The molecule has 0 spiro atoms. The van der Waals surface area contributed by atoms with Gasteiger partial charge in [0.2, 0.25) is 0 Å². The molecule has 0 heterocycles. The monoisotopic (exact) mass is 462 g/mol. The summed E-state index contributed by atoms with van der Waals surface area (Å²) >= 11 is 18.3. The van der Waals surface area contributed by atoms with Gasteiger partial charge in [-0.1, -0.05) is 59.1 Å². The number of nitrogens with zero attached hydrogens (tertiary/aromatic N) is 1. The normalized spacial score (nSPS) is 10.5. The average Bonchev–Trinajstić information content (AvgIpc) is 2.73. The minimum atomic E-state index is -0.219. The lowest BCUT2D eigenvalue weighted by Crippen LogP contribution is -2.36. The van der Waals surface area contributed by atoms with Gasteiger partial charge in [0.1, 0.15) is 5.75 Å². The fraction of sp³-hybridized carbons (Fsp3) is 0.174. The fourth-order valence-electron chi connectivity index (χ4n) is 2.95. The molecule has 30 heavy (non-hydrogen) atoms. The van der Waals surface area contributed by atoms with E-state index in [1.165, 1.54) is 0 Å². The van der Waals surface area contributed by atoms with Crippen molar-refractivity contribution in [1.82, 2.24) is 4.90 Å². The smallest absolute Gasteiger partial charge is 0.322 e. The number of rotatable bonds is 7. The average molecular weight is 464 g/mol. The minimum absolute atomic E-state index is 0.219. The van der Waals surface area contributed by atoms with Crippen molar-refractivity contribution in [3.8, 4) is 5.75 Å². The number of halogens is 3. The topological polar surface area (TPSA) is 41.6 Å². The first-order chi connectivity index (χ1) is 14.4. The van der Waals surface area contributed by atoms with Gasteiger partial charge in [-0.15, -0.1) is 0 Å². The molecule has 0 saturated carbocycles. The predicted octanol–water partition coefficient (Wildman–Crippen LogP) is 6.93. The first kappa shape index (κ1) is 22.3. The molecular weight excluding hydrogens is 443 g/mol. The third-order valence-corrected chi connectivity index (χ3v) is 5.40. The highest BCUT2D eigenvalue weighted by Crippen LogP contribution is 2.23. The number of anilines is 1. The van der Waals surface area contributed by atoms with E-state index in [1.807, 2.05) is 48.5 Å². The number of urea groups is 1. The molecule has 0 aliphatic rings. The Morgan fingerprint density at radius 2 is 1.70 bits per heavy atom. The molecule has 0 aromatic heterocycles. The second-order valence-corrected chi connectivity index (χ2v) is 7.98. The SMILES string of the molecule is COc1cccc(NC(=O)N(CCc2ccc(Cl)cc2Cl)Cc2ccc(Cl)cc2)c1. The number of hydrogen-bond acceptors (Lipinski definition) is 2. The van der Waals surface area contributed by atoms with E-state index in [-0.39, 0.29) is 6.03 Å². The van der Waals surface area contributed by atoms with Gasteiger partial charge in [0.05, 0.1) is 7.11 Å². The van der Waals surface area contributed by atoms with E-state index in [2.05, 4.69) is 5.32 Å². The lowest BCUT2D eigenvalue weighted by Gasteiger charge is -2.24. The van der Waals surface area contributed by atoms with Crippen LogP contribution in [0.15, 0.2) is 66.7 Å². The van der Waals surface area contributed by atoms with E-state index in [4.69, 9.17) is 39.5 Å². The van der Waals surface area contributed by atoms with Gasteiger partial charge in [0.15, 0.2) is 0 Å². The highest BCUT2D eigenvalue weighted by molar-refractivity contribution is 6.35. The summed E-state index contributed by atoms with van der Waals surface area (Å²) in [7, 11) is 1.59. The predicted molar refractivity (Wildman–Crippen MR) is 124 cm³/mol. The Balaban J connectivity index is 1.76. The van der Waals surface area contributed by atoms with Crippen LogP contribution < -0.4 is 10.1 Å². The molecule has 0 radical (unpaired) electrons. The van der Waals surface area contributed by atoms with Crippen LogP contribution in [0.25, 0.3) is 0 Å². The Hall–Kier alpha value is -2.40. The van der Waals surface area contributed by atoms with Crippen LogP contribution in [0, 0.1) is 0 Å². The van der Waals surface area contributed by atoms with Crippen molar-refractivity contribution in [3.63, 3.8) is 0 Å². The number of amides is 2. The summed E-state index contributed by atoms with van der Waals surface area (Å²) in [5.74, 6) is 0.671. The van der Waals surface area contributed by atoms with Crippen LogP contribution >= 0.6 is 34.8 Å². The van der Waals surface area contributed by atoms with Crippen LogP contribution in [-0.4, -0.2) is 24.6 Å². The van der Waals surface area contributed by atoms with Gasteiger partial charge in [-0.3, -0.25) is 0 Å². The van der Waals surface area contributed by atoms with Crippen molar-refractivity contribution in [2.24, 2.45) is 0 Å². The van der Waals surface area contributed by atoms with Crippen LogP contribution in [0.1, 0.15) is 11.1 Å². The van der Waals surface area contributed by atoms with Crippen LogP contribution in [0.2, 0.25) is 15.1 Å². The number of nitrogens with one attached hydrogen (secondary N) is 1. The van der Waals surface area contributed by atoms with Crippen molar-refractivity contribution < 1.29 is 9.53 Å². The van der Waals surface area contributed by atoms with Gasteiger partial charge >= 0.3 is 6.03 Å². The molecule has 4 nitrogen and oxygen atoms in total. The number of carbonyl (C=O) groups excluding carboxylic acids is 1. The minimum Gasteiger partial charge on any atom is -0.497 e. The summed E-state index contributed by atoms with van der Waals surface area (Å²) in [5.41, 5.74) is 2.56. The number of carbonyl (C=O) groups is 1. The first-order valence-corrected chi connectivity index (χ1v) is 10.5. The van der Waals surface area contributed by atoms with Gasteiger partial charge in [0.25, 0.3) is 0 Å². The number of hydrogen-bond donors (Lipinski definition) is 1. The number of benzene rings is 3. The molecule has 1 N–H and O–H groups in total. The quantitative estimate of drug-likeness (QED) is 0.412. The van der Waals surface area contributed by atoms with E-state index in [0.29, 0.717) is 46.0 Å². The lowest BCUT2D eigenvalue weighted by molar-refractivity contribution is 0.210. The highest BCUT2D eigenvalue weighted by Gasteiger charge is 2.16. The lowest BCUT2D eigenvalue weighted by atomic mass is 10.1. The molecule has 3 aromatic carbocycles. The van der Waals surface area contributed by atoms with Crippen LogP contribution in [-0.2, 0) is 13.0 Å². The van der Waals surface area contributed by atoms with Crippen LogP contribution in [0.4, 0.5) is 10.5 Å². The van der Waals surface area contributed by atoms with Gasteiger partial charge in [-0.25, -0.2) is 4.79 Å². The van der Waals surface area contributed by atoms with E-state index < -0.39 is 0 Å². The molecule has 156 valence electrons. The molecule has 3 aromatic rings. The summed E-state index contributed by atoms with van der Waals surface area (Å²) in [6, 6.07) is 19.8. The molecule has 0 aliphatic heterocycles. The highest BCUT2D eigenvalue weighted by atomic mass is 35.5. The molecular formula is C23H21Cl3N2O2. The maximum Gasteiger partial charge on any atom is 0.322 e. The first-order valence-electron chi connectivity index (χ1n) is 9.33. The molecule has 0 bridgehead atoms. The van der Waals surface area contributed by atoms with Gasteiger partial charge < -0.3 is 15.0 Å². The molecule has 0 saturated heterocycles. The second-order valence-electron chi connectivity index (χ2n) is 6.70. The van der Waals surface area contributed by atoms with Crippen molar-refractivity contribution >= 4 is 46.5 Å². The standard InChI is InChI=1S/C23H21Cl3N2O2/c1-30-21-4-2-3-20(14-21)27-23(29)28(15-16-5-8-18(24)9-6-16)12-11-17-7-10-19(25)13-22(17)26/h2-10,13-14H,11-12,15H2,1H3,(H,27,29). The van der Waals surface area contributed by atoms with Crippen molar-refractivity contribution in [3.05, 3.63) is 92.9 Å². The third kappa shape index (κ3) is 6.30. The Labute approximate surface area is 191 Å². The van der Waals surface area contributed by atoms with Crippen molar-refractivity contribution in [2.75, 3.05) is 19.0 Å². The van der Waals surface area contributed by atoms with E-state index >= 15 is 0 Å². The summed E-state index contributed by atoms with van der Waals surface area (Å²) in [6.07, 6.45) is 0.592.